The van der Waals surface area contributed by atoms with E-state index in [-0.39, 0.29) is 48.2 Å². The van der Waals surface area contributed by atoms with Gasteiger partial charge in [-0.15, -0.1) is 0 Å². The van der Waals surface area contributed by atoms with Crippen molar-refractivity contribution in [3.63, 3.8) is 0 Å². The molecule has 0 aliphatic rings. The molecule has 4 heavy (non-hydrogen) atoms. The van der Waals surface area contributed by atoms with Crippen molar-refractivity contribution >= 4 is 0 Å². The van der Waals surface area contributed by atoms with E-state index in [0.29, 0.717) is 0 Å². The Kier molecular flexibility index (Phi) is 854. The maximum atomic E-state index is 0. The molecule has 0 saturated carbocycles. The van der Waals surface area contributed by atoms with Crippen LogP contribution in [0.25, 0.3) is 0 Å². The molecule has 0 atom stereocenters. The Morgan fingerprint density at radius 1 is 1.00 bits per heavy atom. The largest absolute Gasteiger partial charge is 3.00 e. The topological polar surface area (TPSA) is 93.5 Å². The zero-order valence-corrected chi connectivity index (χ0v) is 6.23. The van der Waals surface area contributed by atoms with Crippen molar-refractivity contribution in [2.45, 2.75) is 0 Å². The Morgan fingerprint density at radius 2 is 1.00 bits per heavy atom. The van der Waals surface area contributed by atoms with Gasteiger partial charge in [-0.2, -0.15) is 0 Å². The minimum absolute atomic E-state index is 0. The number of rotatable bonds is 0. The predicted molar refractivity (Wildman–Crippen MR) is 7.64 cm³/mol. The summed E-state index contributed by atoms with van der Waals surface area (Å²) in [5, 5.41) is 0. The van der Waals surface area contributed by atoms with Gasteiger partial charge in [-0.05, 0) is 0 Å². The number of hydrogen-bond acceptors (Lipinski definition) is 2. The van der Waals surface area contributed by atoms with E-state index in [1.54, 1.807) is 0 Å². The van der Waals surface area contributed by atoms with Gasteiger partial charge >= 0.3 is 31.1 Å². The van der Waals surface area contributed by atoms with Crippen molar-refractivity contribution < 1.29 is 42.1 Å². The van der Waals surface area contributed by atoms with Gasteiger partial charge in [-0.25, -0.2) is 0 Å². The van der Waals surface area contributed by atoms with Crippen molar-refractivity contribution in [1.29, 1.82) is 0 Å². The Morgan fingerprint density at radius 3 is 1.00 bits per heavy atom. The summed E-state index contributed by atoms with van der Waals surface area (Å²) in [4.78, 5) is 0. The van der Waals surface area contributed by atoms with Crippen LogP contribution in [0.5, 0.6) is 0 Å². The van der Waals surface area contributed by atoms with Crippen LogP contribution in [-0.4, -0.2) is 5.48 Å². The summed E-state index contributed by atoms with van der Waals surface area (Å²) in [6.45, 7) is 0. The molecule has 25 valence electrons. The Bertz CT molecular complexity index is 6.00. The molecule has 0 aliphatic heterocycles. The van der Waals surface area contributed by atoms with Crippen LogP contribution >= 0.6 is 0 Å². The molecule has 0 aromatic heterocycles. The molecular weight excluding hydrogens is 284 g/mol. The third-order valence-corrected chi connectivity index (χ3v) is 0. The molecule has 4 N–H and O–H groups in total. The van der Waals surface area contributed by atoms with Gasteiger partial charge in [-0.1, -0.05) is 0 Å². The van der Waals surface area contributed by atoms with Gasteiger partial charge in [0.25, 0.3) is 0 Å². The fourth-order valence-corrected chi connectivity index (χ4v) is 0. The first-order chi connectivity index (χ1) is 0. The second-order valence-electron chi connectivity index (χ2n) is 0. The smallest absolute Gasteiger partial charge is 2.00 e. The molecule has 0 spiro atoms. The van der Waals surface area contributed by atoms with E-state index in [1.165, 1.54) is 0 Å². The Balaban J connectivity index is 0. The summed E-state index contributed by atoms with van der Waals surface area (Å²) in [5.74, 6) is 0. The molecule has 0 aromatic rings. The normalized spacial score (nSPS) is 0. The number of hydrogen-bond donors (Lipinski definition) is 1. The summed E-state index contributed by atoms with van der Waals surface area (Å²) in [7, 11) is 0. The summed E-state index contributed by atoms with van der Waals surface area (Å²) >= 11 is 0. The standard InChI is InChI=1S/H3N.H2O.O.U/h1H3;1H2;;/q;;-2;+3/p-1. The van der Waals surface area contributed by atoms with Crippen LogP contribution in [0.3, 0.4) is 0 Å². The van der Waals surface area contributed by atoms with Crippen LogP contribution in [0.15, 0.2) is 0 Å². The first-order valence-electron chi connectivity index (χ1n) is 0. The zero-order valence-electron chi connectivity index (χ0n) is 2.06. The minimum atomic E-state index is 0. The van der Waals surface area contributed by atoms with E-state index >= 15 is 0 Å². The summed E-state index contributed by atoms with van der Waals surface area (Å²) in [6.07, 6.45) is 0. The summed E-state index contributed by atoms with van der Waals surface area (Å²) in [5.41, 5.74) is 0. The Labute approximate surface area is 48.3 Å². The van der Waals surface area contributed by atoms with Crippen molar-refractivity contribution in [1.82, 2.24) is 6.15 Å². The molecule has 0 amide bonds. The molecule has 0 saturated heterocycles. The van der Waals surface area contributed by atoms with E-state index in [1.807, 2.05) is 0 Å². The van der Waals surface area contributed by atoms with E-state index < -0.39 is 0 Å². The van der Waals surface area contributed by atoms with Crippen molar-refractivity contribution in [3.05, 3.63) is 0 Å². The minimum Gasteiger partial charge on any atom is -2.00 e. The first kappa shape index (κ1) is 87.8. The molecule has 0 unspecified atom stereocenters. The summed E-state index contributed by atoms with van der Waals surface area (Å²) < 4.78 is 0. The predicted octanol–water partition coefficient (Wildman–Crippen LogP) is -0.134. The maximum absolute atomic E-state index is 0. The third-order valence-electron chi connectivity index (χ3n) is 0. The third kappa shape index (κ3) is 12.6. The van der Waals surface area contributed by atoms with Crippen LogP contribution in [0.2, 0.25) is 0 Å². The molecule has 1 radical (unpaired) electrons. The molecule has 0 fully saturated rings. The van der Waals surface area contributed by atoms with Crippen molar-refractivity contribution in [2.24, 2.45) is 0 Å². The van der Waals surface area contributed by atoms with Crippen LogP contribution in [0.4, 0.5) is 0 Å². The van der Waals surface area contributed by atoms with Gasteiger partial charge < -0.3 is 17.1 Å². The molecule has 3 nitrogen and oxygen atoms in total. The molecular formula is H4NO2U. The van der Waals surface area contributed by atoms with E-state index in [0.717, 1.165) is 0 Å². The quantitative estimate of drug-likeness (QED) is 0.672. The van der Waals surface area contributed by atoms with Gasteiger partial charge in [0.1, 0.15) is 0 Å². The van der Waals surface area contributed by atoms with Crippen LogP contribution in [-0.2, 0) is 5.48 Å². The van der Waals surface area contributed by atoms with Crippen molar-refractivity contribution in [3.8, 4) is 0 Å². The van der Waals surface area contributed by atoms with Gasteiger partial charge in [0.05, 0.1) is 0 Å². The van der Waals surface area contributed by atoms with Gasteiger partial charge in [0.15, 0.2) is 0 Å². The van der Waals surface area contributed by atoms with Gasteiger partial charge in [0, 0.05) is 0 Å². The van der Waals surface area contributed by atoms with Crippen molar-refractivity contribution in [2.75, 3.05) is 0 Å². The average molecular weight is 288 g/mol. The average Bonchev–Trinajstić information content (AvgIpc) is 0. The monoisotopic (exact) mass is 288 g/mol. The zero-order chi connectivity index (χ0) is 0. The van der Waals surface area contributed by atoms with E-state index in [4.69, 9.17) is 0 Å². The Hall–Kier alpha value is 0.932. The maximum Gasteiger partial charge on any atom is 3.00 e. The summed E-state index contributed by atoms with van der Waals surface area (Å²) in [6, 6.07) is 0. The van der Waals surface area contributed by atoms with E-state index in [2.05, 4.69) is 0 Å². The molecule has 0 heterocycles. The fraction of sp³-hybridized carbons (Fsp3) is 0. The molecule has 0 aliphatic carbocycles. The van der Waals surface area contributed by atoms with Gasteiger partial charge in [-0.3, -0.25) is 0 Å². The van der Waals surface area contributed by atoms with Crippen LogP contribution in [0.1, 0.15) is 0 Å². The fourth-order valence-electron chi connectivity index (χ4n) is 0. The van der Waals surface area contributed by atoms with Crippen LogP contribution in [0, 0.1) is 31.1 Å². The van der Waals surface area contributed by atoms with Crippen LogP contribution < -0.4 is 6.15 Å². The van der Waals surface area contributed by atoms with Gasteiger partial charge in [0.2, 0.25) is 0 Å². The van der Waals surface area contributed by atoms with E-state index in [9.17, 15) is 0 Å². The second kappa shape index (κ2) is 38.9. The molecule has 0 rings (SSSR count). The molecule has 0 bridgehead atoms. The molecule has 4 heteroatoms. The second-order valence-corrected chi connectivity index (χ2v) is 0. The SMILES string of the molecule is N.[O-2].[OH-].[U+3]. The molecule has 0 aromatic carbocycles. The first-order valence-corrected chi connectivity index (χ1v) is 0.